The topological polar surface area (TPSA) is 63.1 Å². The highest BCUT2D eigenvalue weighted by atomic mass is 19.4. The van der Waals surface area contributed by atoms with E-state index in [4.69, 9.17) is 0 Å². The van der Waals surface area contributed by atoms with E-state index in [2.05, 4.69) is 15.4 Å². The molecule has 1 N–H and O–H groups in total. The summed E-state index contributed by atoms with van der Waals surface area (Å²) in [5.41, 5.74) is -3.20. The number of alkyl halides is 6. The van der Waals surface area contributed by atoms with Crippen molar-refractivity contribution in [3.8, 4) is 11.4 Å². The number of halogens is 6. The van der Waals surface area contributed by atoms with Gasteiger partial charge in [0.05, 0.1) is 11.1 Å². The fourth-order valence-corrected chi connectivity index (χ4v) is 3.70. The second kappa shape index (κ2) is 7.36. The molecular formula is C19H17F6N5O. The third-order valence-electron chi connectivity index (χ3n) is 5.47. The van der Waals surface area contributed by atoms with Gasteiger partial charge in [0.1, 0.15) is 6.33 Å². The molecule has 1 aromatic heterocycles. The highest BCUT2D eigenvalue weighted by Crippen LogP contribution is 2.38. The van der Waals surface area contributed by atoms with Crippen molar-refractivity contribution >= 4 is 12.1 Å². The van der Waals surface area contributed by atoms with Crippen molar-refractivity contribution in [2.45, 2.75) is 18.8 Å². The molecule has 2 fully saturated rings. The van der Waals surface area contributed by atoms with Crippen LogP contribution < -0.4 is 5.32 Å². The van der Waals surface area contributed by atoms with Crippen LogP contribution in [-0.2, 0) is 17.1 Å². The van der Waals surface area contributed by atoms with E-state index in [0.717, 1.165) is 30.5 Å². The quantitative estimate of drug-likeness (QED) is 0.582. The van der Waals surface area contributed by atoms with Crippen molar-refractivity contribution in [1.82, 2.24) is 25.0 Å². The minimum Gasteiger partial charge on any atom is -0.338 e. The van der Waals surface area contributed by atoms with Crippen LogP contribution in [0, 0.1) is 5.41 Å². The molecule has 31 heavy (non-hydrogen) atoms. The Morgan fingerprint density at radius 2 is 1.71 bits per heavy atom. The summed E-state index contributed by atoms with van der Waals surface area (Å²) >= 11 is 0. The van der Waals surface area contributed by atoms with Crippen molar-refractivity contribution in [2.75, 3.05) is 26.2 Å². The number of hydrogen-bond donors (Lipinski definition) is 1. The van der Waals surface area contributed by atoms with E-state index in [-0.39, 0.29) is 23.2 Å². The second-order valence-corrected chi connectivity index (χ2v) is 7.77. The number of likely N-dealkylation sites (tertiary alicyclic amines) is 1. The first kappa shape index (κ1) is 21.3. The largest absolute Gasteiger partial charge is 0.416 e. The highest BCUT2D eigenvalue weighted by molar-refractivity contribution is 5.90. The van der Waals surface area contributed by atoms with Gasteiger partial charge in [-0.1, -0.05) is 0 Å². The summed E-state index contributed by atoms with van der Waals surface area (Å²) in [6, 6.07) is 1.15. The van der Waals surface area contributed by atoms with Crippen LogP contribution in [0.2, 0.25) is 0 Å². The van der Waals surface area contributed by atoms with Crippen LogP contribution in [0.3, 0.4) is 0 Å². The van der Waals surface area contributed by atoms with Crippen molar-refractivity contribution in [3.05, 3.63) is 41.7 Å². The molecule has 2 aliphatic rings. The molecule has 2 aromatic rings. The van der Waals surface area contributed by atoms with Crippen LogP contribution in [0.25, 0.3) is 17.6 Å². The van der Waals surface area contributed by atoms with Crippen molar-refractivity contribution in [1.29, 1.82) is 0 Å². The monoisotopic (exact) mass is 445 g/mol. The minimum absolute atomic E-state index is 0.0412. The fraction of sp³-hybridized carbons (Fsp3) is 0.421. The number of nitrogens with one attached hydrogen (secondary N) is 1. The molecule has 12 heteroatoms. The fourth-order valence-electron chi connectivity index (χ4n) is 3.70. The molecule has 0 atom stereocenters. The molecule has 2 saturated heterocycles. The Morgan fingerprint density at radius 1 is 1.06 bits per heavy atom. The Morgan fingerprint density at radius 3 is 2.23 bits per heavy atom. The van der Waals surface area contributed by atoms with Gasteiger partial charge in [0.25, 0.3) is 0 Å². The number of carbonyl (C=O) groups is 1. The first-order chi connectivity index (χ1) is 14.5. The number of carbonyl (C=O) groups excluding carboxylic acids is 1. The summed E-state index contributed by atoms with van der Waals surface area (Å²) < 4.78 is 79.2. The number of benzene rings is 1. The maximum Gasteiger partial charge on any atom is 0.416 e. The van der Waals surface area contributed by atoms with Crippen molar-refractivity contribution in [2.24, 2.45) is 5.41 Å². The first-order valence-electron chi connectivity index (χ1n) is 9.34. The molecule has 0 radical (unpaired) electrons. The summed E-state index contributed by atoms with van der Waals surface area (Å²) in [6.07, 6.45) is -5.40. The maximum atomic E-state index is 13.0. The van der Waals surface area contributed by atoms with Gasteiger partial charge >= 0.3 is 12.4 Å². The predicted molar refractivity (Wildman–Crippen MR) is 97.3 cm³/mol. The van der Waals surface area contributed by atoms with Gasteiger partial charge in [0.15, 0.2) is 5.82 Å². The standard InChI is InChI=1S/C19H17F6N5O/c20-18(21,22)13-5-12(6-14(7-13)19(23,24)25)16-27-11-30(28-16)3-1-15(31)29-4-2-17(10-29)8-26-9-17/h1,3,5-7,11,26H,2,4,8-10H2. The molecule has 1 spiro atoms. The van der Waals surface area contributed by atoms with Crippen molar-refractivity contribution < 1.29 is 31.1 Å². The molecule has 0 bridgehead atoms. The van der Waals surface area contributed by atoms with Crippen LogP contribution in [0.4, 0.5) is 26.3 Å². The Bertz CT molecular complexity index is 989. The lowest BCUT2D eigenvalue weighted by Crippen LogP contribution is -2.54. The predicted octanol–water partition coefficient (Wildman–Crippen LogP) is 3.28. The van der Waals surface area contributed by atoms with E-state index < -0.39 is 29.0 Å². The molecule has 0 saturated carbocycles. The highest BCUT2D eigenvalue weighted by Gasteiger charge is 2.44. The third kappa shape index (κ3) is 4.43. The molecule has 0 unspecified atom stereocenters. The molecule has 4 rings (SSSR count). The Kier molecular flexibility index (Phi) is 5.07. The number of rotatable bonds is 3. The summed E-state index contributed by atoms with van der Waals surface area (Å²) in [5, 5.41) is 7.07. The average Bonchev–Trinajstić information content (AvgIpc) is 3.32. The van der Waals surface area contributed by atoms with Gasteiger partial charge < -0.3 is 10.2 Å². The van der Waals surface area contributed by atoms with E-state index in [1.54, 1.807) is 4.90 Å². The van der Waals surface area contributed by atoms with Gasteiger partial charge in [-0.15, -0.1) is 5.10 Å². The van der Waals surface area contributed by atoms with E-state index >= 15 is 0 Å². The smallest absolute Gasteiger partial charge is 0.338 e. The lowest BCUT2D eigenvalue weighted by Gasteiger charge is -2.38. The summed E-state index contributed by atoms with van der Waals surface area (Å²) in [6.45, 7) is 2.99. The summed E-state index contributed by atoms with van der Waals surface area (Å²) in [5.74, 6) is -0.575. The number of aromatic nitrogens is 3. The normalized spacial score (nSPS) is 18.7. The summed E-state index contributed by atoms with van der Waals surface area (Å²) in [4.78, 5) is 17.8. The van der Waals surface area contributed by atoms with Gasteiger partial charge in [0, 0.05) is 49.4 Å². The van der Waals surface area contributed by atoms with Crippen LogP contribution in [0.5, 0.6) is 0 Å². The van der Waals surface area contributed by atoms with Crippen LogP contribution in [0.15, 0.2) is 30.6 Å². The number of nitrogens with zero attached hydrogens (tertiary/aromatic N) is 4. The Labute approximate surface area is 172 Å². The number of amides is 1. The van der Waals surface area contributed by atoms with Crippen LogP contribution in [-0.4, -0.2) is 51.8 Å². The van der Waals surface area contributed by atoms with Crippen LogP contribution in [0.1, 0.15) is 17.5 Å². The molecule has 1 aromatic carbocycles. The molecule has 166 valence electrons. The zero-order valence-electron chi connectivity index (χ0n) is 16.0. The molecule has 2 aliphatic heterocycles. The second-order valence-electron chi connectivity index (χ2n) is 7.77. The van der Waals surface area contributed by atoms with E-state index in [1.807, 2.05) is 0 Å². The van der Waals surface area contributed by atoms with Crippen LogP contribution >= 0.6 is 0 Å². The van der Waals surface area contributed by atoms with E-state index in [1.165, 1.54) is 12.3 Å². The van der Waals surface area contributed by atoms with Gasteiger partial charge in [0.2, 0.25) is 5.91 Å². The number of hydrogen-bond acceptors (Lipinski definition) is 4. The van der Waals surface area contributed by atoms with Gasteiger partial charge in [-0.05, 0) is 24.6 Å². The van der Waals surface area contributed by atoms with E-state index in [9.17, 15) is 31.1 Å². The van der Waals surface area contributed by atoms with Gasteiger partial charge in [-0.3, -0.25) is 4.79 Å². The maximum absolute atomic E-state index is 13.0. The Hall–Kier alpha value is -2.89. The summed E-state index contributed by atoms with van der Waals surface area (Å²) in [7, 11) is 0. The van der Waals surface area contributed by atoms with Crippen molar-refractivity contribution in [3.63, 3.8) is 0 Å². The lowest BCUT2D eigenvalue weighted by atomic mass is 9.81. The van der Waals surface area contributed by atoms with Gasteiger partial charge in [-0.25, -0.2) is 9.67 Å². The zero-order chi connectivity index (χ0) is 22.4. The molecule has 3 heterocycles. The molecule has 6 nitrogen and oxygen atoms in total. The molecule has 0 aliphatic carbocycles. The van der Waals surface area contributed by atoms with Gasteiger partial charge in [-0.2, -0.15) is 26.3 Å². The third-order valence-corrected chi connectivity index (χ3v) is 5.47. The SMILES string of the molecule is O=C(C=Cn1cnc(-c2cc(C(F)(F)F)cc(C(F)(F)F)c2)n1)N1CCC2(CNC2)C1. The zero-order valence-corrected chi connectivity index (χ0v) is 16.0. The minimum atomic E-state index is -4.96. The van der Waals surface area contributed by atoms with E-state index in [0.29, 0.717) is 25.2 Å². The Balaban J connectivity index is 1.53. The molecular weight excluding hydrogens is 428 g/mol. The lowest BCUT2D eigenvalue weighted by molar-refractivity contribution is -0.143. The average molecular weight is 445 g/mol. The molecule has 1 amide bonds. The first-order valence-corrected chi connectivity index (χ1v) is 9.34.